The Kier molecular flexibility index (Phi) is 21.6. The van der Waals surface area contributed by atoms with Gasteiger partial charge in [0.1, 0.15) is 23.1 Å². The molecule has 0 N–H and O–H groups in total. The van der Waals surface area contributed by atoms with Crippen molar-refractivity contribution < 1.29 is 44.6 Å². The van der Waals surface area contributed by atoms with Gasteiger partial charge in [-0.3, -0.25) is 0 Å². The van der Waals surface area contributed by atoms with Gasteiger partial charge in [0.15, 0.2) is 23.3 Å². The number of benzene rings is 4. The van der Waals surface area contributed by atoms with Crippen LogP contribution in [0.1, 0.15) is 204 Å². The molecule has 0 spiro atoms. The third kappa shape index (κ3) is 16.0. The predicted octanol–water partition coefficient (Wildman–Crippen LogP) is 19.6. The molecule has 6 rings (SSSR count). The lowest BCUT2D eigenvalue weighted by Gasteiger charge is -2.29. The molecule has 0 aromatic heterocycles. The van der Waals surface area contributed by atoms with Crippen molar-refractivity contribution in [1.29, 1.82) is 0 Å². The number of rotatable bonds is 28. The van der Waals surface area contributed by atoms with Crippen molar-refractivity contribution >= 4 is 0 Å². The smallest absolute Gasteiger partial charge is 0.248 e. The molecule has 0 aliphatic heterocycles. The SMILES string of the molecule is CCCC1CCC(c2ccc(-c3ccc(OCCCCCCCCC(F)(F)CCCCCCCCOc4ccc(-c5ccc(C6CCC(CCC)CC6)c(F)c5F)c(F)c4)cc3F)c(F)c2F)CC1. The molecule has 0 unspecified atom stereocenters. The summed E-state index contributed by atoms with van der Waals surface area (Å²) in [4.78, 5) is 0. The lowest BCUT2D eigenvalue weighted by Crippen LogP contribution is -2.15. The van der Waals surface area contributed by atoms with Gasteiger partial charge >= 0.3 is 0 Å². The van der Waals surface area contributed by atoms with Crippen LogP contribution in [-0.2, 0) is 0 Å². The Morgan fingerprint density at radius 2 is 0.768 bits per heavy atom. The summed E-state index contributed by atoms with van der Waals surface area (Å²) in [5.41, 5.74) is 0.560. The zero-order valence-electron chi connectivity index (χ0n) is 41.2. The molecule has 69 heavy (non-hydrogen) atoms. The fourth-order valence-corrected chi connectivity index (χ4v) is 11.0. The fraction of sp³-hybridized carbons (Fsp3) is 0.593. The maximum atomic E-state index is 15.3. The highest BCUT2D eigenvalue weighted by molar-refractivity contribution is 5.67. The largest absolute Gasteiger partial charge is 0.493 e. The van der Waals surface area contributed by atoms with Gasteiger partial charge in [-0.15, -0.1) is 0 Å². The van der Waals surface area contributed by atoms with E-state index in [1.54, 1.807) is 24.3 Å². The zero-order chi connectivity index (χ0) is 49.2. The number of unbranched alkanes of at least 4 members (excludes halogenated alkanes) is 10. The molecule has 380 valence electrons. The van der Waals surface area contributed by atoms with Gasteiger partial charge in [0.25, 0.3) is 0 Å². The minimum atomic E-state index is -2.68. The monoisotopic (exact) mass is 969 g/mol. The van der Waals surface area contributed by atoms with Gasteiger partial charge in [-0.05, 0) is 136 Å². The average molecular weight is 969 g/mol. The first-order valence-corrected chi connectivity index (χ1v) is 26.6. The molecule has 2 fully saturated rings. The van der Waals surface area contributed by atoms with Gasteiger partial charge in [-0.25, -0.2) is 35.1 Å². The number of hydrogen-bond acceptors (Lipinski definition) is 2. The van der Waals surface area contributed by atoms with E-state index in [9.17, 15) is 8.78 Å². The zero-order valence-corrected chi connectivity index (χ0v) is 41.2. The van der Waals surface area contributed by atoms with Crippen LogP contribution >= 0.6 is 0 Å². The summed E-state index contributed by atoms with van der Waals surface area (Å²) in [7, 11) is 0. The lowest BCUT2D eigenvalue weighted by molar-refractivity contribution is -0.0206. The normalized spacial score (nSPS) is 18.7. The van der Waals surface area contributed by atoms with Crippen LogP contribution < -0.4 is 9.47 Å². The Hall–Kier alpha value is -4.08. The minimum Gasteiger partial charge on any atom is -0.493 e. The van der Waals surface area contributed by atoms with E-state index in [0.717, 1.165) is 128 Å². The van der Waals surface area contributed by atoms with Gasteiger partial charge in [-0.2, -0.15) is 0 Å². The highest BCUT2D eigenvalue weighted by Crippen LogP contribution is 2.42. The Morgan fingerprint density at radius 1 is 0.420 bits per heavy atom. The number of hydrogen-bond donors (Lipinski definition) is 0. The van der Waals surface area contributed by atoms with Crippen LogP contribution in [0.4, 0.5) is 35.1 Å². The maximum Gasteiger partial charge on any atom is 0.248 e. The van der Waals surface area contributed by atoms with E-state index in [-0.39, 0.29) is 46.9 Å². The second-order valence-electron chi connectivity index (χ2n) is 20.3. The van der Waals surface area contributed by atoms with E-state index in [4.69, 9.17) is 9.47 Å². The third-order valence-corrected chi connectivity index (χ3v) is 15.1. The summed E-state index contributed by atoms with van der Waals surface area (Å²) in [6, 6.07) is 14.6. The quantitative estimate of drug-likeness (QED) is 0.0417. The van der Waals surface area contributed by atoms with Crippen molar-refractivity contribution in [3.63, 3.8) is 0 Å². The van der Waals surface area contributed by atoms with Crippen molar-refractivity contribution in [3.05, 3.63) is 107 Å². The molecule has 0 radical (unpaired) electrons. The van der Waals surface area contributed by atoms with Crippen LogP contribution in [0.15, 0.2) is 60.7 Å². The Balaban J connectivity index is 0.769. The van der Waals surface area contributed by atoms with E-state index in [2.05, 4.69) is 13.8 Å². The maximum absolute atomic E-state index is 15.3. The van der Waals surface area contributed by atoms with Gasteiger partial charge < -0.3 is 9.47 Å². The molecule has 4 aromatic carbocycles. The fourth-order valence-electron chi connectivity index (χ4n) is 11.0. The molecule has 2 saturated carbocycles. The molecule has 2 aliphatic rings. The molecule has 10 heteroatoms. The average Bonchev–Trinajstić information content (AvgIpc) is 3.33. The molecular formula is C59H76F8O2. The standard InChI is InChI=1S/C59H76F8O2/c1-3-17-41-19-23-43(24-20-41)47-31-33-51(57(64)55(47)62)49-29-27-45(39-53(49)60)68-37-15-11-7-5-9-13-35-59(66,67)36-14-10-6-8-12-16-38-69-46-28-30-50(54(61)40-46)52-34-32-48(56(63)58(52)65)44-25-21-42(18-4-2)22-26-44/h27-34,39-44H,3-26,35-38H2,1-2H3. The van der Waals surface area contributed by atoms with Gasteiger partial charge in [0.05, 0.1) is 13.2 Å². The number of ether oxygens (including phenoxy) is 2. The van der Waals surface area contributed by atoms with Crippen molar-refractivity contribution in [2.75, 3.05) is 13.2 Å². The first-order chi connectivity index (χ1) is 33.4. The summed E-state index contributed by atoms with van der Waals surface area (Å²) >= 11 is 0. The summed E-state index contributed by atoms with van der Waals surface area (Å²) in [6.07, 6.45) is 20.8. The van der Waals surface area contributed by atoms with Gasteiger partial charge in [0, 0.05) is 47.2 Å². The number of halogens is 8. The lowest BCUT2D eigenvalue weighted by atomic mass is 9.77. The van der Waals surface area contributed by atoms with Crippen LogP contribution in [0.25, 0.3) is 22.3 Å². The minimum absolute atomic E-state index is 0.00780. The molecule has 0 atom stereocenters. The topological polar surface area (TPSA) is 18.5 Å². The van der Waals surface area contributed by atoms with E-state index in [0.29, 0.717) is 60.5 Å². The third-order valence-electron chi connectivity index (χ3n) is 15.1. The first kappa shape index (κ1) is 54.3. The Labute approximate surface area is 407 Å². The Bertz CT molecular complexity index is 2020. The van der Waals surface area contributed by atoms with E-state index >= 15 is 26.3 Å². The predicted molar refractivity (Wildman–Crippen MR) is 263 cm³/mol. The summed E-state index contributed by atoms with van der Waals surface area (Å²) in [6.45, 7) is 5.06. The van der Waals surface area contributed by atoms with E-state index < -0.39 is 40.8 Å². The molecule has 0 heterocycles. The highest BCUT2D eigenvalue weighted by Gasteiger charge is 2.30. The van der Waals surface area contributed by atoms with Crippen LogP contribution in [0.3, 0.4) is 0 Å². The van der Waals surface area contributed by atoms with Crippen molar-refractivity contribution in [3.8, 4) is 33.8 Å². The second-order valence-corrected chi connectivity index (χ2v) is 20.3. The Morgan fingerprint density at radius 3 is 1.13 bits per heavy atom. The van der Waals surface area contributed by atoms with Crippen molar-refractivity contribution in [2.45, 2.75) is 199 Å². The molecule has 0 bridgehead atoms. The van der Waals surface area contributed by atoms with Crippen molar-refractivity contribution in [1.82, 2.24) is 0 Å². The summed E-state index contributed by atoms with van der Waals surface area (Å²) in [5.74, 6) is -5.91. The molecule has 0 amide bonds. The molecule has 4 aromatic rings. The summed E-state index contributed by atoms with van der Waals surface area (Å²) in [5, 5.41) is 0. The van der Waals surface area contributed by atoms with Crippen LogP contribution in [0, 0.1) is 46.7 Å². The number of alkyl halides is 2. The summed E-state index contributed by atoms with van der Waals surface area (Å²) < 4.78 is 132. The molecule has 0 saturated heterocycles. The van der Waals surface area contributed by atoms with Gasteiger partial charge in [0.2, 0.25) is 5.92 Å². The van der Waals surface area contributed by atoms with Crippen molar-refractivity contribution in [2.24, 2.45) is 11.8 Å². The molecule has 2 aliphatic carbocycles. The van der Waals surface area contributed by atoms with Crippen LogP contribution in [0.5, 0.6) is 11.5 Å². The van der Waals surface area contributed by atoms with E-state index in [1.807, 2.05) is 0 Å². The molecular weight excluding hydrogens is 893 g/mol. The molecule has 2 nitrogen and oxygen atoms in total. The van der Waals surface area contributed by atoms with Gasteiger partial charge in [-0.1, -0.05) is 115 Å². The van der Waals surface area contributed by atoms with Crippen LogP contribution in [-0.4, -0.2) is 19.1 Å². The highest BCUT2D eigenvalue weighted by atomic mass is 19.3. The second kappa shape index (κ2) is 27.5. The van der Waals surface area contributed by atoms with Crippen LogP contribution in [0.2, 0.25) is 0 Å². The first-order valence-electron chi connectivity index (χ1n) is 26.6. The van der Waals surface area contributed by atoms with E-state index in [1.165, 1.54) is 49.2 Å².